The van der Waals surface area contributed by atoms with E-state index >= 15 is 0 Å². The zero-order valence-electron chi connectivity index (χ0n) is 29.7. The van der Waals surface area contributed by atoms with Crippen molar-refractivity contribution in [2.75, 3.05) is 47.7 Å². The van der Waals surface area contributed by atoms with Crippen LogP contribution in [0.25, 0.3) is 0 Å². The molecule has 7 rings (SSSR count). The van der Waals surface area contributed by atoms with Crippen molar-refractivity contribution < 1.29 is 33.5 Å². The van der Waals surface area contributed by atoms with Crippen LogP contribution < -0.4 is 35.8 Å². The van der Waals surface area contributed by atoms with E-state index < -0.39 is 29.7 Å². The number of rotatable bonds is 11. The number of hydrogen-bond donors (Lipinski definition) is 4. The number of fused-ring (bicyclic) bond motifs is 2. The lowest BCUT2D eigenvalue weighted by atomic mass is 10.0. The number of methoxy groups -OCH3 is 1. The lowest BCUT2D eigenvalue weighted by Gasteiger charge is -2.43. The molecule has 1 aliphatic carbocycles. The van der Waals surface area contributed by atoms with Gasteiger partial charge in [0, 0.05) is 43.9 Å². The Kier molecular flexibility index (Phi) is 9.68. The number of ether oxygens (including phenoxy) is 1. The summed E-state index contributed by atoms with van der Waals surface area (Å²) in [5.41, 5.74) is 2.25. The third-order valence-corrected chi connectivity index (χ3v) is 10.3. The molecule has 4 heterocycles. The van der Waals surface area contributed by atoms with Gasteiger partial charge in [-0.3, -0.25) is 39.0 Å². The first-order valence-electron chi connectivity index (χ1n) is 17.9. The van der Waals surface area contributed by atoms with E-state index in [1.807, 2.05) is 6.92 Å². The van der Waals surface area contributed by atoms with Crippen LogP contribution in [0.1, 0.15) is 82.9 Å². The number of hydrogen-bond acceptors (Lipinski definition) is 12. The number of carbonyl (C=O) groups is 6. The Labute approximate surface area is 305 Å². The van der Waals surface area contributed by atoms with E-state index in [0.717, 1.165) is 36.4 Å². The summed E-state index contributed by atoms with van der Waals surface area (Å²) in [7, 11) is 3.25. The Morgan fingerprint density at radius 3 is 2.53 bits per heavy atom. The van der Waals surface area contributed by atoms with Gasteiger partial charge in [0.1, 0.15) is 23.5 Å². The molecule has 4 aliphatic rings. The molecule has 16 heteroatoms. The summed E-state index contributed by atoms with van der Waals surface area (Å²) in [4.78, 5) is 91.0. The minimum Gasteiger partial charge on any atom is -0.495 e. The van der Waals surface area contributed by atoms with Crippen molar-refractivity contribution in [2.24, 2.45) is 0 Å². The van der Waals surface area contributed by atoms with E-state index in [1.54, 1.807) is 48.5 Å². The van der Waals surface area contributed by atoms with Crippen LogP contribution in [-0.2, 0) is 14.4 Å². The highest BCUT2D eigenvalue weighted by atomic mass is 16.5. The van der Waals surface area contributed by atoms with Gasteiger partial charge in [0.15, 0.2) is 5.82 Å². The van der Waals surface area contributed by atoms with Crippen LogP contribution in [0.15, 0.2) is 42.6 Å². The number of nitrogens with zero attached hydrogens (tertiary/aromatic N) is 5. The summed E-state index contributed by atoms with van der Waals surface area (Å²) in [5, 5.41) is 11.4. The minimum atomic E-state index is -1.06. The maximum Gasteiger partial charge on any atom is 0.264 e. The van der Waals surface area contributed by atoms with Gasteiger partial charge in [-0.2, -0.15) is 4.98 Å². The first-order chi connectivity index (χ1) is 25.6. The van der Waals surface area contributed by atoms with Gasteiger partial charge in [-0.15, -0.1) is 0 Å². The molecule has 3 aromatic rings. The van der Waals surface area contributed by atoms with Gasteiger partial charge >= 0.3 is 0 Å². The van der Waals surface area contributed by atoms with Gasteiger partial charge in [-0.25, -0.2) is 4.98 Å². The summed E-state index contributed by atoms with van der Waals surface area (Å²) in [6.07, 6.45) is 6.67. The molecule has 2 fully saturated rings. The van der Waals surface area contributed by atoms with Crippen LogP contribution in [0, 0.1) is 0 Å². The minimum absolute atomic E-state index is 0.0313. The fourth-order valence-electron chi connectivity index (χ4n) is 7.64. The Bertz CT molecular complexity index is 2010. The highest BCUT2D eigenvalue weighted by Crippen LogP contribution is 2.40. The normalized spacial score (nSPS) is 20.0. The molecule has 3 aliphatic heterocycles. The van der Waals surface area contributed by atoms with Gasteiger partial charge in [0.05, 0.1) is 30.1 Å². The highest BCUT2D eigenvalue weighted by molar-refractivity contribution is 6.25. The molecule has 1 saturated heterocycles. The number of aromatic nitrogens is 2. The third-order valence-electron chi connectivity index (χ3n) is 10.3. The number of anilines is 5. The zero-order chi connectivity index (χ0) is 37.4. The van der Waals surface area contributed by atoms with Crippen LogP contribution in [0.5, 0.6) is 5.75 Å². The molecular weight excluding hydrogens is 682 g/mol. The van der Waals surface area contributed by atoms with Crippen LogP contribution in [0.3, 0.4) is 0 Å². The summed E-state index contributed by atoms with van der Waals surface area (Å²) in [6, 6.07) is 8.63. The van der Waals surface area contributed by atoms with Crippen LogP contribution in [0.4, 0.5) is 28.8 Å². The standard InChI is InChI=1S/C37H41N9O7/c1-4-25-35(51)44(2)27-19-40-37(43-31(27)45(25)21-8-5-6-9-21)41-23-13-12-20(18-28(23)53-3)32(48)39-17-16-38-24-11-7-10-22-30(24)36(52)46(34(22)50)26-14-15-29(47)42-33(26)49/h7,10-13,18-19,21,25-26,38H,4-6,8-9,14-17H2,1-3H3,(H,39,48)(H,40,41,43)(H,42,47,49). The lowest BCUT2D eigenvalue weighted by Crippen LogP contribution is -2.55. The monoisotopic (exact) mass is 723 g/mol. The first kappa shape index (κ1) is 35.3. The van der Waals surface area contributed by atoms with Gasteiger partial charge in [-0.1, -0.05) is 25.8 Å². The molecule has 0 radical (unpaired) electrons. The number of benzene rings is 2. The zero-order valence-corrected chi connectivity index (χ0v) is 29.7. The van der Waals surface area contributed by atoms with E-state index in [-0.39, 0.29) is 61.0 Å². The quantitative estimate of drug-likeness (QED) is 0.167. The maximum atomic E-state index is 13.4. The Morgan fingerprint density at radius 2 is 1.79 bits per heavy atom. The van der Waals surface area contributed by atoms with Crippen LogP contribution in [0.2, 0.25) is 0 Å². The molecule has 1 aromatic heterocycles. The summed E-state index contributed by atoms with van der Waals surface area (Å²) < 4.78 is 5.62. The van der Waals surface area contributed by atoms with Crippen molar-refractivity contribution in [1.82, 2.24) is 25.5 Å². The molecule has 0 bridgehead atoms. The van der Waals surface area contributed by atoms with Crippen molar-refractivity contribution >= 4 is 64.3 Å². The average Bonchev–Trinajstić information content (AvgIpc) is 3.78. The molecule has 0 spiro atoms. The number of carbonyl (C=O) groups excluding carboxylic acids is 6. The molecule has 53 heavy (non-hydrogen) atoms. The van der Waals surface area contributed by atoms with E-state index in [4.69, 9.17) is 9.72 Å². The van der Waals surface area contributed by atoms with Crippen LogP contribution in [-0.4, -0.2) is 95.7 Å². The largest absolute Gasteiger partial charge is 0.495 e. The molecule has 2 unspecified atom stereocenters. The topological polar surface area (TPSA) is 195 Å². The fourth-order valence-corrected chi connectivity index (χ4v) is 7.64. The smallest absolute Gasteiger partial charge is 0.264 e. The average molecular weight is 724 g/mol. The van der Waals surface area contributed by atoms with Crippen LogP contribution >= 0.6 is 0 Å². The second kappa shape index (κ2) is 14.5. The SMILES string of the molecule is CCC1C(=O)N(C)c2cnc(Nc3ccc(C(=O)NCCNc4cccc5c4C(=O)N(C4CCC(=O)NC4=O)C5=O)cc3OC)nc2N1C1CCCC1. The van der Waals surface area contributed by atoms with Gasteiger partial charge in [-0.05, 0) is 56.0 Å². The Hall–Kier alpha value is -6.06. The van der Waals surface area contributed by atoms with Gasteiger partial charge < -0.3 is 30.5 Å². The van der Waals surface area contributed by atoms with Gasteiger partial charge in [0.2, 0.25) is 23.7 Å². The van der Waals surface area contributed by atoms with E-state index in [9.17, 15) is 28.8 Å². The molecule has 1 saturated carbocycles. The summed E-state index contributed by atoms with van der Waals surface area (Å²) in [5.74, 6) is -1.21. The number of imide groups is 2. The van der Waals surface area contributed by atoms with Crippen molar-refractivity contribution in [3.05, 3.63) is 59.3 Å². The second-order valence-corrected chi connectivity index (χ2v) is 13.5. The van der Waals surface area contributed by atoms with E-state index in [1.165, 1.54) is 13.2 Å². The molecule has 6 amide bonds. The van der Waals surface area contributed by atoms with Crippen molar-refractivity contribution in [3.63, 3.8) is 0 Å². The molecular formula is C37H41N9O7. The van der Waals surface area contributed by atoms with Crippen molar-refractivity contribution in [1.29, 1.82) is 0 Å². The fraction of sp³-hybridized carbons (Fsp3) is 0.405. The molecule has 276 valence electrons. The second-order valence-electron chi connectivity index (χ2n) is 13.5. The molecule has 4 N–H and O–H groups in total. The first-order valence-corrected chi connectivity index (χ1v) is 17.9. The predicted molar refractivity (Wildman–Crippen MR) is 194 cm³/mol. The predicted octanol–water partition coefficient (Wildman–Crippen LogP) is 2.98. The third kappa shape index (κ3) is 6.49. The number of amides is 6. The lowest BCUT2D eigenvalue weighted by molar-refractivity contribution is -0.136. The molecule has 2 atom stereocenters. The van der Waals surface area contributed by atoms with Crippen molar-refractivity contribution in [2.45, 2.75) is 70.0 Å². The maximum absolute atomic E-state index is 13.4. The number of nitrogens with one attached hydrogen (secondary N) is 4. The molecule has 2 aromatic carbocycles. The highest BCUT2D eigenvalue weighted by Gasteiger charge is 2.46. The number of likely N-dealkylation sites (N-methyl/N-ethyl adjacent to an activating group) is 1. The summed E-state index contributed by atoms with van der Waals surface area (Å²) in [6.45, 7) is 2.43. The Balaban J connectivity index is 0.996. The summed E-state index contributed by atoms with van der Waals surface area (Å²) >= 11 is 0. The van der Waals surface area contributed by atoms with Gasteiger partial charge in [0.25, 0.3) is 17.7 Å². The number of piperidine rings is 1. The van der Waals surface area contributed by atoms with Crippen molar-refractivity contribution in [3.8, 4) is 5.75 Å². The molecule has 16 nitrogen and oxygen atoms in total. The van der Waals surface area contributed by atoms with E-state index in [2.05, 4.69) is 31.2 Å². The van der Waals surface area contributed by atoms with E-state index in [0.29, 0.717) is 40.7 Å². The Morgan fingerprint density at radius 1 is 1.00 bits per heavy atom.